The minimum absolute atomic E-state index is 0.0282. The molecule has 6 heteroatoms. The first kappa shape index (κ1) is 19.7. The molecule has 2 aromatic carbocycles. The molecule has 0 spiro atoms. The Bertz CT molecular complexity index is 1280. The van der Waals surface area contributed by atoms with Crippen LogP contribution in [0.1, 0.15) is 72.7 Å². The average Bonchev–Trinajstić information content (AvgIpc) is 3.53. The van der Waals surface area contributed by atoms with Gasteiger partial charge in [0, 0.05) is 39.8 Å². The molecule has 0 saturated heterocycles. The number of benzene rings is 2. The second kappa shape index (κ2) is 12.2. The van der Waals surface area contributed by atoms with Gasteiger partial charge in [0.1, 0.15) is 5.75 Å². The Balaban J connectivity index is 1.64. The molecule has 1 amide bonds. The number of nitrogens with zero attached hydrogens (tertiary/aromatic N) is 1. The van der Waals surface area contributed by atoms with Crippen molar-refractivity contribution in [1.82, 2.24) is 4.90 Å². The summed E-state index contributed by atoms with van der Waals surface area (Å²) in [5.41, 5.74) is 2.23. The highest BCUT2D eigenvalue weighted by Crippen LogP contribution is 2.32. The lowest BCUT2D eigenvalue weighted by molar-refractivity contribution is -0.137. The van der Waals surface area contributed by atoms with Gasteiger partial charge in [-0.25, -0.2) is 0 Å². The van der Waals surface area contributed by atoms with Crippen LogP contribution in [-0.2, 0) is 11.3 Å². The monoisotopic (exact) mass is 479 g/mol. The van der Waals surface area contributed by atoms with Gasteiger partial charge in [-0.3, -0.25) is 9.59 Å². The molecule has 1 aliphatic carbocycles. The number of unbranched alkanes of at least 4 members (excludes halogenated alkanes) is 2. The summed E-state index contributed by atoms with van der Waals surface area (Å²) in [5, 5.41) is 8.81. The van der Waals surface area contributed by atoms with Gasteiger partial charge in [-0.1, -0.05) is 49.2 Å². The van der Waals surface area contributed by atoms with Crippen molar-refractivity contribution in [3.63, 3.8) is 0 Å². The van der Waals surface area contributed by atoms with Crippen LogP contribution in [0.5, 0.6) is 5.75 Å². The number of carbonyl (C=O) groups excluding carboxylic acids is 1. The number of rotatable bonds is 12. The van der Waals surface area contributed by atoms with Crippen molar-refractivity contribution in [1.29, 1.82) is 0 Å². The van der Waals surface area contributed by atoms with Gasteiger partial charge in [-0.15, -0.1) is 0 Å². The summed E-state index contributed by atoms with van der Waals surface area (Å²) in [6.45, 7) is 0.277. The lowest BCUT2D eigenvalue weighted by atomic mass is 9.99. The number of hydrogen-bond acceptors (Lipinski definition) is 4. The number of aliphatic carboxylic acids is 1. The molecule has 4 rings (SSSR count). The van der Waals surface area contributed by atoms with Gasteiger partial charge in [0.25, 0.3) is 5.91 Å². The topological polar surface area (TPSA) is 80.0 Å². The highest BCUT2D eigenvalue weighted by Gasteiger charge is 2.29. The molecule has 35 heavy (non-hydrogen) atoms. The smallest absolute Gasteiger partial charge is 0.303 e. The van der Waals surface area contributed by atoms with Crippen LogP contribution in [-0.4, -0.2) is 34.5 Å². The molecule has 1 saturated carbocycles. The molecule has 1 N–H and O–H groups in total. The number of ether oxygens (including phenoxy) is 1. The molecule has 1 aromatic heterocycles. The zero-order chi connectivity index (χ0) is 28.0. The molecule has 0 bridgehead atoms. The van der Waals surface area contributed by atoms with Gasteiger partial charge < -0.3 is 19.2 Å². The zero-order valence-electron chi connectivity index (χ0n) is 23.6. The van der Waals surface area contributed by atoms with E-state index in [0.717, 1.165) is 0 Å². The van der Waals surface area contributed by atoms with E-state index in [1.54, 1.807) is 54.6 Å². The third-order valence-electron chi connectivity index (χ3n) is 5.95. The SMILES string of the molecule is [2H]C1CCC([2H])(N(Cc2ccccc2OCCCCCC(=O)O)C(=O)c2ccccc2-c2ccoc2)C1([2H])[2H]. The summed E-state index contributed by atoms with van der Waals surface area (Å²) < 4.78 is 46.1. The van der Waals surface area contributed by atoms with Gasteiger partial charge in [-0.2, -0.15) is 0 Å². The van der Waals surface area contributed by atoms with E-state index < -0.39 is 30.7 Å². The van der Waals surface area contributed by atoms with E-state index in [-0.39, 0.29) is 25.8 Å². The van der Waals surface area contributed by atoms with Crippen LogP contribution in [0.3, 0.4) is 0 Å². The minimum atomic E-state index is -2.26. The van der Waals surface area contributed by atoms with Crippen molar-refractivity contribution in [2.45, 2.75) is 63.9 Å². The number of carboxylic acid groups (broad SMARTS) is 1. The summed E-state index contributed by atoms with van der Waals surface area (Å²) >= 11 is 0. The summed E-state index contributed by atoms with van der Waals surface area (Å²) in [6.07, 6.45) is 1.87. The van der Waals surface area contributed by atoms with Crippen LogP contribution in [0.4, 0.5) is 0 Å². The molecule has 0 aliphatic heterocycles. The number of carboxylic acids is 1. The second-order valence-electron chi connectivity index (χ2n) is 8.44. The van der Waals surface area contributed by atoms with E-state index in [4.69, 9.17) is 18.4 Å². The first-order valence-electron chi connectivity index (χ1n) is 14.0. The lowest BCUT2D eigenvalue weighted by Gasteiger charge is -2.30. The minimum Gasteiger partial charge on any atom is -0.493 e. The van der Waals surface area contributed by atoms with Gasteiger partial charge >= 0.3 is 5.97 Å². The largest absolute Gasteiger partial charge is 0.493 e. The Labute approximate surface area is 212 Å². The Morgan fingerprint density at radius 1 is 1.11 bits per heavy atom. The van der Waals surface area contributed by atoms with Crippen LogP contribution < -0.4 is 4.74 Å². The predicted molar refractivity (Wildman–Crippen MR) is 134 cm³/mol. The molecule has 184 valence electrons. The van der Waals surface area contributed by atoms with Crippen LogP contribution in [0.25, 0.3) is 11.1 Å². The summed E-state index contributed by atoms with van der Waals surface area (Å²) in [6, 6.07) is 13.9. The lowest BCUT2D eigenvalue weighted by Crippen LogP contribution is -2.38. The number of hydrogen-bond donors (Lipinski definition) is 1. The van der Waals surface area contributed by atoms with E-state index in [2.05, 4.69) is 0 Å². The number of para-hydroxylation sites is 1. The predicted octanol–water partition coefficient (Wildman–Crippen LogP) is 6.56. The molecule has 0 radical (unpaired) electrons. The van der Waals surface area contributed by atoms with Crippen molar-refractivity contribution >= 4 is 11.9 Å². The van der Waals surface area contributed by atoms with Crippen molar-refractivity contribution < 1.29 is 29.3 Å². The first-order chi connectivity index (χ1) is 18.6. The molecule has 3 aromatic rings. The van der Waals surface area contributed by atoms with E-state index in [0.29, 0.717) is 53.9 Å². The summed E-state index contributed by atoms with van der Waals surface area (Å²) in [7, 11) is 0. The molecule has 6 nitrogen and oxygen atoms in total. The molecule has 1 fully saturated rings. The fraction of sp³-hybridized carbons (Fsp3) is 0.379. The molecule has 2 unspecified atom stereocenters. The van der Waals surface area contributed by atoms with Crippen molar-refractivity contribution in [2.75, 3.05) is 6.61 Å². The third-order valence-corrected chi connectivity index (χ3v) is 5.95. The number of amides is 1. The second-order valence-corrected chi connectivity index (χ2v) is 8.44. The van der Waals surface area contributed by atoms with E-state index in [9.17, 15) is 11.0 Å². The quantitative estimate of drug-likeness (QED) is 0.298. The molecular weight excluding hydrogens is 442 g/mol. The third kappa shape index (κ3) is 6.53. The van der Waals surface area contributed by atoms with E-state index in [1.165, 1.54) is 17.4 Å². The Kier molecular flexibility index (Phi) is 6.91. The maximum Gasteiger partial charge on any atom is 0.303 e. The average molecular weight is 480 g/mol. The summed E-state index contributed by atoms with van der Waals surface area (Å²) in [5.74, 6) is -0.823. The van der Waals surface area contributed by atoms with Crippen molar-refractivity contribution in [3.8, 4) is 16.9 Å². The van der Waals surface area contributed by atoms with Gasteiger partial charge in [-0.05, 0) is 55.8 Å². The standard InChI is InChI=1S/C29H33NO5/c31-28(32)16-2-1-9-18-35-27-15-8-3-10-22(27)20-30(24-11-4-5-12-24)29(33)26-14-7-6-13-25(26)23-17-19-34-21-23/h3,6-8,10,13-15,17,19,21,24H,1-2,4-5,9,11-12,16,18,20H2,(H,31,32)/i4D,11D2,24D. The number of furan rings is 1. The fourth-order valence-electron chi connectivity index (χ4n) is 4.14. The van der Waals surface area contributed by atoms with Crippen LogP contribution in [0.2, 0.25) is 0 Å². The van der Waals surface area contributed by atoms with Crippen LogP contribution in [0, 0.1) is 0 Å². The van der Waals surface area contributed by atoms with Gasteiger partial charge in [0.2, 0.25) is 0 Å². The Hall–Kier alpha value is -3.54. The van der Waals surface area contributed by atoms with E-state index >= 15 is 0 Å². The molecule has 2 atom stereocenters. The highest BCUT2D eigenvalue weighted by atomic mass is 16.5. The Morgan fingerprint density at radius 2 is 1.94 bits per heavy atom. The van der Waals surface area contributed by atoms with Crippen molar-refractivity contribution in [3.05, 3.63) is 78.3 Å². The van der Waals surface area contributed by atoms with Crippen LogP contribution in [0.15, 0.2) is 71.5 Å². The Morgan fingerprint density at radius 3 is 2.71 bits per heavy atom. The van der Waals surface area contributed by atoms with Gasteiger partial charge in [0.05, 0.1) is 20.5 Å². The van der Waals surface area contributed by atoms with Crippen LogP contribution >= 0.6 is 0 Å². The normalized spacial score (nSPS) is 22.5. The highest BCUT2D eigenvalue weighted by molar-refractivity contribution is 6.01. The fourth-order valence-corrected chi connectivity index (χ4v) is 4.14. The van der Waals surface area contributed by atoms with Gasteiger partial charge in [0.15, 0.2) is 0 Å². The number of carbonyl (C=O) groups is 2. The zero-order valence-corrected chi connectivity index (χ0v) is 19.6. The summed E-state index contributed by atoms with van der Waals surface area (Å²) in [4.78, 5) is 26.2. The molecule has 1 heterocycles. The first-order valence-corrected chi connectivity index (χ1v) is 11.9. The molecule has 1 aliphatic rings. The van der Waals surface area contributed by atoms with E-state index in [1.807, 2.05) is 0 Å². The maximum absolute atomic E-state index is 14.2. The maximum atomic E-state index is 14.2. The molecular formula is C29H33NO5. The van der Waals surface area contributed by atoms with Crippen molar-refractivity contribution in [2.24, 2.45) is 0 Å².